The van der Waals surface area contributed by atoms with Crippen molar-refractivity contribution in [1.29, 1.82) is 0 Å². The van der Waals surface area contributed by atoms with E-state index in [2.05, 4.69) is 4.90 Å². The molecule has 3 nitrogen and oxygen atoms in total. The number of aliphatic carboxylic acids is 1. The van der Waals surface area contributed by atoms with Gasteiger partial charge in [-0.25, -0.2) is 0 Å². The number of rotatable bonds is 4. The standard InChI is InChI=1S/C13H17NO2S2/c1-17-11-4-2-3-10(9-11)12(13(15)16)14-5-7-18-8-6-14/h2-4,9,12H,5-8H2,1H3,(H,15,16)/t12-/m0/s1. The molecule has 0 unspecified atom stereocenters. The topological polar surface area (TPSA) is 40.5 Å². The van der Waals surface area contributed by atoms with Crippen LogP contribution in [-0.2, 0) is 4.79 Å². The fraction of sp³-hybridized carbons (Fsp3) is 0.462. The predicted octanol–water partition coefficient (Wildman–Crippen LogP) is 2.58. The molecule has 1 aliphatic rings. The van der Waals surface area contributed by atoms with Crippen LogP contribution in [0.25, 0.3) is 0 Å². The van der Waals surface area contributed by atoms with E-state index in [0.717, 1.165) is 35.1 Å². The van der Waals surface area contributed by atoms with Gasteiger partial charge in [-0.1, -0.05) is 12.1 Å². The first kappa shape index (κ1) is 13.8. The Morgan fingerprint density at radius 3 is 2.78 bits per heavy atom. The molecular weight excluding hydrogens is 266 g/mol. The Kier molecular flexibility index (Phi) is 4.97. The van der Waals surface area contributed by atoms with Crippen molar-refractivity contribution in [2.24, 2.45) is 0 Å². The highest BCUT2D eigenvalue weighted by atomic mass is 32.2. The lowest BCUT2D eigenvalue weighted by Gasteiger charge is -2.32. The zero-order chi connectivity index (χ0) is 13.0. The van der Waals surface area contributed by atoms with Crippen LogP contribution < -0.4 is 0 Å². The average Bonchev–Trinajstić information content (AvgIpc) is 2.40. The van der Waals surface area contributed by atoms with Gasteiger partial charge < -0.3 is 5.11 Å². The molecule has 0 aliphatic carbocycles. The molecule has 0 saturated carbocycles. The molecule has 1 aromatic carbocycles. The fourth-order valence-corrected chi connectivity index (χ4v) is 3.56. The first-order valence-electron chi connectivity index (χ1n) is 5.91. The molecule has 1 N–H and O–H groups in total. The molecule has 0 aromatic heterocycles. The molecule has 1 fully saturated rings. The molecule has 0 radical (unpaired) electrons. The summed E-state index contributed by atoms with van der Waals surface area (Å²) in [6.45, 7) is 1.70. The van der Waals surface area contributed by atoms with Gasteiger partial charge in [-0.3, -0.25) is 9.69 Å². The maximum atomic E-state index is 11.5. The monoisotopic (exact) mass is 283 g/mol. The molecule has 0 amide bonds. The van der Waals surface area contributed by atoms with E-state index >= 15 is 0 Å². The van der Waals surface area contributed by atoms with Gasteiger partial charge >= 0.3 is 5.97 Å². The summed E-state index contributed by atoms with van der Waals surface area (Å²) in [5, 5.41) is 9.49. The zero-order valence-corrected chi connectivity index (χ0v) is 12.0. The summed E-state index contributed by atoms with van der Waals surface area (Å²) in [4.78, 5) is 14.7. The Morgan fingerprint density at radius 1 is 1.44 bits per heavy atom. The highest BCUT2D eigenvalue weighted by Gasteiger charge is 2.28. The largest absolute Gasteiger partial charge is 0.480 e. The van der Waals surface area contributed by atoms with E-state index < -0.39 is 12.0 Å². The third kappa shape index (κ3) is 3.22. The van der Waals surface area contributed by atoms with Gasteiger partial charge in [0.25, 0.3) is 0 Å². The van der Waals surface area contributed by atoms with Crippen molar-refractivity contribution in [1.82, 2.24) is 4.90 Å². The summed E-state index contributed by atoms with van der Waals surface area (Å²) in [6.07, 6.45) is 2.01. The summed E-state index contributed by atoms with van der Waals surface area (Å²) < 4.78 is 0. The lowest BCUT2D eigenvalue weighted by atomic mass is 10.1. The second kappa shape index (κ2) is 6.50. The molecule has 98 valence electrons. The van der Waals surface area contributed by atoms with Crippen molar-refractivity contribution >= 4 is 29.5 Å². The van der Waals surface area contributed by atoms with Crippen LogP contribution in [0.5, 0.6) is 0 Å². The average molecular weight is 283 g/mol. The normalized spacial score (nSPS) is 18.5. The highest BCUT2D eigenvalue weighted by molar-refractivity contribution is 7.99. The van der Waals surface area contributed by atoms with Crippen LogP contribution in [-0.4, -0.2) is 46.8 Å². The van der Waals surface area contributed by atoms with Gasteiger partial charge in [0, 0.05) is 29.5 Å². The number of benzene rings is 1. The van der Waals surface area contributed by atoms with Crippen LogP contribution in [0.1, 0.15) is 11.6 Å². The molecule has 1 aromatic rings. The number of nitrogens with zero attached hydrogens (tertiary/aromatic N) is 1. The quantitative estimate of drug-likeness (QED) is 0.860. The van der Waals surface area contributed by atoms with Crippen LogP contribution in [0.3, 0.4) is 0 Å². The Hall–Kier alpha value is -0.650. The van der Waals surface area contributed by atoms with E-state index in [1.165, 1.54) is 0 Å². The maximum Gasteiger partial charge on any atom is 0.325 e. The van der Waals surface area contributed by atoms with E-state index in [9.17, 15) is 9.90 Å². The second-order valence-corrected chi connectivity index (χ2v) is 6.27. The fourth-order valence-electron chi connectivity index (χ4n) is 2.16. The number of carbonyl (C=O) groups is 1. The van der Waals surface area contributed by atoms with Gasteiger partial charge in [-0.15, -0.1) is 11.8 Å². The molecule has 1 heterocycles. The van der Waals surface area contributed by atoms with Crippen LogP contribution in [0.15, 0.2) is 29.2 Å². The number of thioether (sulfide) groups is 2. The summed E-state index contributed by atoms with van der Waals surface area (Å²) in [5.74, 6) is 1.29. The molecule has 1 saturated heterocycles. The van der Waals surface area contributed by atoms with E-state index in [4.69, 9.17) is 0 Å². The van der Waals surface area contributed by atoms with Gasteiger partial charge in [0.2, 0.25) is 0 Å². The smallest absolute Gasteiger partial charge is 0.325 e. The predicted molar refractivity (Wildman–Crippen MR) is 77.5 cm³/mol. The Bertz CT molecular complexity index is 419. The maximum absolute atomic E-state index is 11.5. The SMILES string of the molecule is CSc1cccc([C@@H](C(=O)O)N2CCSCC2)c1. The molecule has 1 atom stereocenters. The number of hydrogen-bond acceptors (Lipinski definition) is 4. The van der Waals surface area contributed by atoms with E-state index in [-0.39, 0.29) is 0 Å². The molecule has 5 heteroatoms. The van der Waals surface area contributed by atoms with Crippen molar-refractivity contribution in [3.05, 3.63) is 29.8 Å². The van der Waals surface area contributed by atoms with Gasteiger partial charge in [0.05, 0.1) is 0 Å². The molecule has 1 aliphatic heterocycles. The molecule has 0 spiro atoms. The Morgan fingerprint density at radius 2 is 2.17 bits per heavy atom. The lowest BCUT2D eigenvalue weighted by molar-refractivity contribution is -0.143. The summed E-state index contributed by atoms with van der Waals surface area (Å²) in [7, 11) is 0. The van der Waals surface area contributed by atoms with E-state index in [1.807, 2.05) is 42.3 Å². The molecular formula is C13H17NO2S2. The number of hydrogen-bond donors (Lipinski definition) is 1. The van der Waals surface area contributed by atoms with E-state index in [0.29, 0.717) is 0 Å². The third-order valence-corrected chi connectivity index (χ3v) is 4.72. The van der Waals surface area contributed by atoms with Gasteiger partial charge in [-0.2, -0.15) is 11.8 Å². The van der Waals surface area contributed by atoms with Crippen molar-refractivity contribution in [3.8, 4) is 0 Å². The van der Waals surface area contributed by atoms with Gasteiger partial charge in [0.1, 0.15) is 6.04 Å². The van der Waals surface area contributed by atoms with Crippen molar-refractivity contribution in [3.63, 3.8) is 0 Å². The first-order chi connectivity index (χ1) is 8.72. The molecule has 18 heavy (non-hydrogen) atoms. The van der Waals surface area contributed by atoms with Crippen molar-refractivity contribution in [2.45, 2.75) is 10.9 Å². The minimum absolute atomic E-state index is 0.502. The van der Waals surface area contributed by atoms with Crippen molar-refractivity contribution < 1.29 is 9.90 Å². The summed E-state index contributed by atoms with van der Waals surface area (Å²) >= 11 is 3.54. The zero-order valence-electron chi connectivity index (χ0n) is 10.3. The van der Waals surface area contributed by atoms with Crippen LogP contribution in [0, 0.1) is 0 Å². The number of carboxylic acids is 1. The number of carboxylic acid groups (broad SMARTS) is 1. The van der Waals surface area contributed by atoms with Crippen molar-refractivity contribution in [2.75, 3.05) is 30.9 Å². The summed E-state index contributed by atoms with van der Waals surface area (Å²) in [6, 6.07) is 7.36. The lowest BCUT2D eigenvalue weighted by Crippen LogP contribution is -2.39. The van der Waals surface area contributed by atoms with Gasteiger partial charge in [0.15, 0.2) is 0 Å². The van der Waals surface area contributed by atoms with Crippen LogP contribution in [0.4, 0.5) is 0 Å². The Balaban J connectivity index is 2.25. The van der Waals surface area contributed by atoms with E-state index in [1.54, 1.807) is 11.8 Å². The van der Waals surface area contributed by atoms with Gasteiger partial charge in [-0.05, 0) is 24.0 Å². The van der Waals surface area contributed by atoms with Crippen LogP contribution >= 0.6 is 23.5 Å². The second-order valence-electron chi connectivity index (χ2n) is 4.17. The Labute approximate surface area is 116 Å². The minimum Gasteiger partial charge on any atom is -0.480 e. The third-order valence-electron chi connectivity index (χ3n) is 3.05. The summed E-state index contributed by atoms with van der Waals surface area (Å²) in [5.41, 5.74) is 0.890. The molecule has 2 rings (SSSR count). The molecule has 0 bridgehead atoms. The minimum atomic E-state index is -0.750. The highest BCUT2D eigenvalue weighted by Crippen LogP contribution is 2.27. The van der Waals surface area contributed by atoms with Crippen LogP contribution in [0.2, 0.25) is 0 Å². The first-order valence-corrected chi connectivity index (χ1v) is 8.29.